The fourth-order valence-electron chi connectivity index (χ4n) is 2.70. The number of carbonyl (C=O) groups excluding carboxylic acids is 2. The molecule has 1 rings (SSSR count). The van der Waals surface area contributed by atoms with Crippen LogP contribution >= 0.6 is 0 Å². The molecule has 28 heavy (non-hydrogen) atoms. The normalized spacial score (nSPS) is 11.5. The van der Waals surface area contributed by atoms with Gasteiger partial charge in [-0.15, -0.1) is 0 Å². The smallest absolute Gasteiger partial charge is 0.407 e. The van der Waals surface area contributed by atoms with Gasteiger partial charge >= 0.3 is 12.1 Å². The zero-order valence-corrected chi connectivity index (χ0v) is 17.2. The van der Waals surface area contributed by atoms with Gasteiger partial charge in [0.05, 0.1) is 0 Å². The third kappa shape index (κ3) is 11.4. The number of amides is 1. The van der Waals surface area contributed by atoms with E-state index in [0.717, 1.165) is 12.8 Å². The fourth-order valence-corrected chi connectivity index (χ4v) is 2.70. The van der Waals surface area contributed by atoms with E-state index in [1.807, 2.05) is 6.07 Å². The molecule has 0 saturated carbocycles. The van der Waals surface area contributed by atoms with Crippen molar-refractivity contribution in [2.24, 2.45) is 0 Å². The van der Waals surface area contributed by atoms with E-state index in [9.17, 15) is 9.59 Å². The second-order valence-corrected chi connectivity index (χ2v) is 6.82. The quantitative estimate of drug-likeness (QED) is 0.288. The Kier molecular flexibility index (Phi) is 12.4. The topological polar surface area (TPSA) is 76.7 Å². The van der Waals surface area contributed by atoms with Crippen LogP contribution in [0.3, 0.4) is 0 Å². The summed E-state index contributed by atoms with van der Waals surface area (Å²) in [5.41, 5.74) is 1.63. The van der Waals surface area contributed by atoms with Crippen LogP contribution in [0, 0.1) is 0 Å². The molecular weight excluding hydrogens is 356 g/mol. The standard InChI is InChI=1S/C22H34N2O4/c1-4-5-7-12-20(17-19-10-8-6-9-11-19)23-13-14-24-22(26)28-16-15-27-21(25)18(2)3/h6,8-11,20,23H,2,4-5,7,12-17H2,1,3H3,(H,24,26). The first-order valence-electron chi connectivity index (χ1n) is 10.0. The highest BCUT2D eigenvalue weighted by molar-refractivity contribution is 5.86. The maximum atomic E-state index is 11.6. The molecule has 1 aromatic rings. The molecule has 0 radical (unpaired) electrons. The molecule has 6 heteroatoms. The Morgan fingerprint density at radius 3 is 2.46 bits per heavy atom. The first kappa shape index (κ1) is 23.7. The van der Waals surface area contributed by atoms with Gasteiger partial charge in [0.15, 0.2) is 0 Å². The predicted molar refractivity (Wildman–Crippen MR) is 111 cm³/mol. The molecule has 0 heterocycles. The van der Waals surface area contributed by atoms with Crippen molar-refractivity contribution in [1.29, 1.82) is 0 Å². The summed E-state index contributed by atoms with van der Waals surface area (Å²) < 4.78 is 9.83. The number of alkyl carbamates (subject to hydrolysis) is 1. The number of ether oxygens (including phenoxy) is 2. The Morgan fingerprint density at radius 2 is 1.79 bits per heavy atom. The molecule has 0 fully saturated rings. The Morgan fingerprint density at radius 1 is 1.07 bits per heavy atom. The van der Waals surface area contributed by atoms with Crippen LogP contribution in [-0.4, -0.2) is 44.4 Å². The van der Waals surface area contributed by atoms with Gasteiger partial charge in [-0.25, -0.2) is 9.59 Å². The zero-order valence-electron chi connectivity index (χ0n) is 17.2. The second kappa shape index (κ2) is 14.7. The van der Waals surface area contributed by atoms with Gasteiger partial charge in [0, 0.05) is 24.7 Å². The summed E-state index contributed by atoms with van der Waals surface area (Å²) in [7, 11) is 0. The molecule has 156 valence electrons. The maximum Gasteiger partial charge on any atom is 0.407 e. The Bertz CT molecular complexity index is 589. The lowest BCUT2D eigenvalue weighted by molar-refractivity contribution is -0.139. The molecule has 2 N–H and O–H groups in total. The first-order valence-corrected chi connectivity index (χ1v) is 10.0. The number of esters is 1. The summed E-state index contributed by atoms with van der Waals surface area (Å²) in [5, 5.41) is 6.23. The van der Waals surface area contributed by atoms with Gasteiger partial charge in [-0.1, -0.05) is 63.1 Å². The number of unbranched alkanes of at least 4 members (excludes halogenated alkanes) is 2. The number of benzene rings is 1. The first-order chi connectivity index (χ1) is 13.5. The summed E-state index contributed by atoms with van der Waals surface area (Å²) in [6.45, 7) is 8.44. The van der Waals surface area contributed by atoms with E-state index in [0.29, 0.717) is 24.7 Å². The molecule has 1 aromatic carbocycles. The molecule has 0 aromatic heterocycles. The highest BCUT2D eigenvalue weighted by atomic mass is 16.6. The highest BCUT2D eigenvalue weighted by Gasteiger charge is 2.09. The van der Waals surface area contributed by atoms with Gasteiger partial charge in [0.25, 0.3) is 0 Å². The van der Waals surface area contributed by atoms with E-state index in [-0.39, 0.29) is 13.2 Å². The van der Waals surface area contributed by atoms with Crippen molar-refractivity contribution < 1.29 is 19.1 Å². The summed E-state index contributed by atoms with van der Waals surface area (Å²) in [4.78, 5) is 22.9. The lowest BCUT2D eigenvalue weighted by atomic mass is 10.0. The molecule has 0 aliphatic carbocycles. The van der Waals surface area contributed by atoms with E-state index in [1.165, 1.54) is 24.8 Å². The van der Waals surface area contributed by atoms with Crippen LogP contribution in [0.5, 0.6) is 0 Å². The van der Waals surface area contributed by atoms with Crippen LogP contribution in [0.25, 0.3) is 0 Å². The van der Waals surface area contributed by atoms with Gasteiger partial charge in [-0.3, -0.25) is 0 Å². The molecule has 0 spiro atoms. The molecule has 1 atom stereocenters. The SMILES string of the molecule is C=C(C)C(=O)OCCOC(=O)NCCNC(CCCCC)Cc1ccccc1. The number of carbonyl (C=O) groups is 2. The van der Waals surface area contributed by atoms with Gasteiger partial charge in [-0.05, 0) is 25.3 Å². The lowest BCUT2D eigenvalue weighted by Gasteiger charge is -2.19. The average molecular weight is 391 g/mol. The Hall–Kier alpha value is -2.34. The van der Waals surface area contributed by atoms with Crippen molar-refractivity contribution >= 4 is 12.1 Å². The lowest BCUT2D eigenvalue weighted by Crippen LogP contribution is -2.38. The van der Waals surface area contributed by atoms with E-state index in [4.69, 9.17) is 9.47 Å². The fraction of sp³-hybridized carbons (Fsp3) is 0.545. The van der Waals surface area contributed by atoms with Crippen molar-refractivity contribution in [2.75, 3.05) is 26.3 Å². The van der Waals surface area contributed by atoms with Crippen LogP contribution in [-0.2, 0) is 20.7 Å². The van der Waals surface area contributed by atoms with Crippen molar-refractivity contribution in [3.63, 3.8) is 0 Å². The molecule has 1 amide bonds. The summed E-state index contributed by atoms with van der Waals surface area (Å²) in [6, 6.07) is 10.8. The van der Waals surface area contributed by atoms with Crippen LogP contribution in [0.2, 0.25) is 0 Å². The molecule has 0 saturated heterocycles. The summed E-state index contributed by atoms with van der Waals surface area (Å²) in [6.07, 6.45) is 5.20. The highest BCUT2D eigenvalue weighted by Crippen LogP contribution is 2.10. The van der Waals surface area contributed by atoms with Gasteiger partial charge < -0.3 is 20.1 Å². The van der Waals surface area contributed by atoms with Crippen LogP contribution < -0.4 is 10.6 Å². The van der Waals surface area contributed by atoms with E-state index >= 15 is 0 Å². The van der Waals surface area contributed by atoms with E-state index in [1.54, 1.807) is 6.92 Å². The van der Waals surface area contributed by atoms with Crippen molar-refractivity contribution in [1.82, 2.24) is 10.6 Å². The number of hydrogen-bond acceptors (Lipinski definition) is 5. The molecule has 1 unspecified atom stereocenters. The van der Waals surface area contributed by atoms with Crippen LogP contribution in [0.15, 0.2) is 42.5 Å². The van der Waals surface area contributed by atoms with Crippen LogP contribution in [0.4, 0.5) is 4.79 Å². The van der Waals surface area contributed by atoms with Gasteiger partial charge in [0.1, 0.15) is 13.2 Å². The van der Waals surface area contributed by atoms with Crippen molar-refractivity contribution in [3.05, 3.63) is 48.0 Å². The van der Waals surface area contributed by atoms with E-state index in [2.05, 4.69) is 48.4 Å². The number of hydrogen-bond donors (Lipinski definition) is 2. The Balaban J connectivity index is 2.22. The molecule has 0 bridgehead atoms. The molecule has 0 aliphatic rings. The predicted octanol–water partition coefficient (Wildman–Crippen LogP) is 3.61. The minimum absolute atomic E-state index is 0.0198. The van der Waals surface area contributed by atoms with Crippen molar-refractivity contribution in [2.45, 2.75) is 52.0 Å². The number of rotatable bonds is 14. The van der Waals surface area contributed by atoms with Gasteiger partial charge in [-0.2, -0.15) is 0 Å². The third-order valence-electron chi connectivity index (χ3n) is 4.21. The molecular formula is C22H34N2O4. The summed E-state index contributed by atoms with van der Waals surface area (Å²) in [5.74, 6) is -0.485. The average Bonchev–Trinajstić information content (AvgIpc) is 2.69. The largest absolute Gasteiger partial charge is 0.459 e. The third-order valence-corrected chi connectivity index (χ3v) is 4.21. The van der Waals surface area contributed by atoms with Crippen molar-refractivity contribution in [3.8, 4) is 0 Å². The van der Waals surface area contributed by atoms with E-state index < -0.39 is 12.1 Å². The minimum Gasteiger partial charge on any atom is -0.459 e. The monoisotopic (exact) mass is 390 g/mol. The molecule has 6 nitrogen and oxygen atoms in total. The minimum atomic E-state index is -0.515. The Labute approximate surface area is 168 Å². The second-order valence-electron chi connectivity index (χ2n) is 6.82. The van der Waals surface area contributed by atoms with Gasteiger partial charge in [0.2, 0.25) is 0 Å². The zero-order chi connectivity index (χ0) is 20.6. The maximum absolute atomic E-state index is 11.6. The summed E-state index contributed by atoms with van der Waals surface area (Å²) >= 11 is 0. The van der Waals surface area contributed by atoms with Crippen LogP contribution in [0.1, 0.15) is 45.1 Å². The molecule has 0 aliphatic heterocycles. The number of nitrogens with one attached hydrogen (secondary N) is 2.